The van der Waals surface area contributed by atoms with Gasteiger partial charge in [0.2, 0.25) is 10.0 Å². The Kier molecular flexibility index (Phi) is 6.08. The number of sulfonamides is 1. The second kappa shape index (κ2) is 8.05. The van der Waals surface area contributed by atoms with Crippen LogP contribution < -0.4 is 10.0 Å². The van der Waals surface area contributed by atoms with E-state index in [0.29, 0.717) is 23.4 Å². The van der Waals surface area contributed by atoms with Crippen LogP contribution in [0.4, 0.5) is 5.69 Å². The fraction of sp³-hybridized carbons (Fsp3) is 0.235. The topological polar surface area (TPSA) is 84.5 Å². The summed E-state index contributed by atoms with van der Waals surface area (Å²) in [6.07, 6.45) is 0. The van der Waals surface area contributed by atoms with Gasteiger partial charge in [-0.2, -0.15) is 0 Å². The molecule has 2 N–H and O–H groups in total. The number of ether oxygens (including phenoxy) is 1. The number of amides is 1. The van der Waals surface area contributed by atoms with Crippen molar-refractivity contribution in [3.8, 4) is 0 Å². The zero-order valence-corrected chi connectivity index (χ0v) is 14.4. The Morgan fingerprint density at radius 1 is 1.12 bits per heavy atom. The molecule has 0 saturated carbocycles. The first kappa shape index (κ1) is 18.1. The van der Waals surface area contributed by atoms with E-state index in [2.05, 4.69) is 10.0 Å². The lowest BCUT2D eigenvalue weighted by Crippen LogP contribution is -2.27. The Balaban J connectivity index is 2.14. The molecule has 0 bridgehead atoms. The van der Waals surface area contributed by atoms with Gasteiger partial charge >= 0.3 is 0 Å². The monoisotopic (exact) mass is 348 g/mol. The molecule has 0 aliphatic heterocycles. The fourth-order valence-corrected chi connectivity index (χ4v) is 3.19. The van der Waals surface area contributed by atoms with E-state index in [0.717, 1.165) is 0 Å². The van der Waals surface area contributed by atoms with Gasteiger partial charge in [0.1, 0.15) is 0 Å². The quantitative estimate of drug-likeness (QED) is 0.751. The summed E-state index contributed by atoms with van der Waals surface area (Å²) in [6, 6.07) is 13.4. The predicted octanol–water partition coefficient (Wildman–Crippen LogP) is 2.17. The summed E-state index contributed by atoms with van der Waals surface area (Å²) in [5, 5.41) is 2.78. The smallest absolute Gasteiger partial charge is 0.255 e. The minimum absolute atomic E-state index is 0.147. The first-order valence-corrected chi connectivity index (χ1v) is 8.88. The predicted molar refractivity (Wildman–Crippen MR) is 92.6 cm³/mol. The Bertz CT molecular complexity index is 805. The van der Waals surface area contributed by atoms with Crippen LogP contribution in [0.3, 0.4) is 0 Å². The van der Waals surface area contributed by atoms with Gasteiger partial charge in [-0.3, -0.25) is 4.79 Å². The number of carbonyl (C=O) groups excluding carboxylic acids is 1. The van der Waals surface area contributed by atoms with Gasteiger partial charge in [-0.15, -0.1) is 0 Å². The summed E-state index contributed by atoms with van der Waals surface area (Å²) in [4.78, 5) is 12.3. The molecular formula is C17H20N2O4S. The molecule has 0 radical (unpaired) electrons. The van der Waals surface area contributed by atoms with Crippen LogP contribution in [0.15, 0.2) is 53.4 Å². The molecule has 0 atom stereocenters. The van der Waals surface area contributed by atoms with Crippen LogP contribution in [0.1, 0.15) is 15.9 Å². The van der Waals surface area contributed by atoms with Crippen LogP contribution >= 0.6 is 0 Å². The molecule has 0 spiro atoms. The van der Waals surface area contributed by atoms with Crippen molar-refractivity contribution in [3.05, 3.63) is 59.7 Å². The second-order valence-electron chi connectivity index (χ2n) is 5.19. The third-order valence-electron chi connectivity index (χ3n) is 3.39. The maximum atomic E-state index is 12.2. The van der Waals surface area contributed by atoms with Crippen LogP contribution in [0.2, 0.25) is 0 Å². The highest BCUT2D eigenvalue weighted by molar-refractivity contribution is 7.89. The highest BCUT2D eigenvalue weighted by Crippen LogP contribution is 2.20. The van der Waals surface area contributed by atoms with Crippen molar-refractivity contribution >= 4 is 21.6 Å². The number of anilines is 1. The van der Waals surface area contributed by atoms with Crippen molar-refractivity contribution < 1.29 is 17.9 Å². The minimum Gasteiger partial charge on any atom is -0.383 e. The molecule has 0 aliphatic carbocycles. The van der Waals surface area contributed by atoms with Gasteiger partial charge in [-0.05, 0) is 42.8 Å². The van der Waals surface area contributed by atoms with Crippen LogP contribution in [0.25, 0.3) is 0 Å². The zero-order valence-electron chi connectivity index (χ0n) is 13.6. The standard InChI is InChI=1S/C17H20N2O4S/c1-13-12-15(24(21,22)18-10-11-23-2)8-9-16(13)19-17(20)14-6-4-3-5-7-14/h3-9,12,18H,10-11H2,1-2H3,(H,19,20). The van der Waals surface area contributed by atoms with E-state index in [1.807, 2.05) is 6.07 Å². The second-order valence-corrected chi connectivity index (χ2v) is 6.95. The molecular weight excluding hydrogens is 328 g/mol. The average Bonchev–Trinajstić information content (AvgIpc) is 2.57. The van der Waals surface area contributed by atoms with E-state index >= 15 is 0 Å². The van der Waals surface area contributed by atoms with Crippen LogP contribution in [0.5, 0.6) is 0 Å². The Hall–Kier alpha value is -2.22. The number of carbonyl (C=O) groups is 1. The lowest BCUT2D eigenvalue weighted by Gasteiger charge is -2.11. The molecule has 0 saturated heterocycles. The summed E-state index contributed by atoms with van der Waals surface area (Å²) in [7, 11) is -2.09. The van der Waals surface area contributed by atoms with Crippen molar-refractivity contribution in [2.45, 2.75) is 11.8 Å². The van der Waals surface area contributed by atoms with Gasteiger partial charge < -0.3 is 10.1 Å². The molecule has 24 heavy (non-hydrogen) atoms. The highest BCUT2D eigenvalue weighted by atomic mass is 32.2. The van der Waals surface area contributed by atoms with E-state index in [1.54, 1.807) is 37.3 Å². The molecule has 2 aromatic rings. The van der Waals surface area contributed by atoms with Crippen LogP contribution in [-0.4, -0.2) is 34.6 Å². The summed E-state index contributed by atoms with van der Waals surface area (Å²) < 4.78 is 31.6. The number of aryl methyl sites for hydroxylation is 1. The summed E-state index contributed by atoms with van der Waals surface area (Å²) in [6.45, 7) is 2.24. The van der Waals surface area contributed by atoms with Gasteiger partial charge in [0.15, 0.2) is 0 Å². The molecule has 7 heteroatoms. The molecule has 0 heterocycles. The van der Waals surface area contributed by atoms with Crippen molar-refractivity contribution in [1.29, 1.82) is 0 Å². The van der Waals surface area contributed by atoms with E-state index < -0.39 is 10.0 Å². The molecule has 2 rings (SSSR count). The van der Waals surface area contributed by atoms with Gasteiger partial charge in [-0.25, -0.2) is 13.1 Å². The van der Waals surface area contributed by atoms with Gasteiger partial charge in [0.05, 0.1) is 11.5 Å². The van der Waals surface area contributed by atoms with E-state index in [9.17, 15) is 13.2 Å². The van der Waals surface area contributed by atoms with Gasteiger partial charge in [0, 0.05) is 24.9 Å². The summed E-state index contributed by atoms with van der Waals surface area (Å²) >= 11 is 0. The zero-order chi connectivity index (χ0) is 17.6. The van der Waals surface area contributed by atoms with Crippen LogP contribution in [-0.2, 0) is 14.8 Å². The van der Waals surface area contributed by atoms with Crippen molar-refractivity contribution in [3.63, 3.8) is 0 Å². The Morgan fingerprint density at radius 2 is 1.83 bits per heavy atom. The number of nitrogens with one attached hydrogen (secondary N) is 2. The SMILES string of the molecule is COCCNS(=O)(=O)c1ccc(NC(=O)c2ccccc2)c(C)c1. The molecule has 0 fully saturated rings. The van der Waals surface area contributed by atoms with Gasteiger partial charge in [-0.1, -0.05) is 18.2 Å². The lowest BCUT2D eigenvalue weighted by atomic mass is 10.1. The van der Waals surface area contributed by atoms with Crippen molar-refractivity contribution in [1.82, 2.24) is 4.72 Å². The third kappa shape index (κ3) is 4.64. The van der Waals surface area contributed by atoms with E-state index in [-0.39, 0.29) is 17.3 Å². The maximum Gasteiger partial charge on any atom is 0.255 e. The maximum absolute atomic E-state index is 12.2. The molecule has 1 amide bonds. The molecule has 128 valence electrons. The highest BCUT2D eigenvalue weighted by Gasteiger charge is 2.15. The molecule has 2 aromatic carbocycles. The largest absolute Gasteiger partial charge is 0.383 e. The average molecular weight is 348 g/mol. The van der Waals surface area contributed by atoms with E-state index in [4.69, 9.17) is 4.74 Å². The van der Waals surface area contributed by atoms with Gasteiger partial charge in [0.25, 0.3) is 5.91 Å². The molecule has 0 aromatic heterocycles. The number of hydrogen-bond acceptors (Lipinski definition) is 4. The number of rotatable bonds is 7. The number of benzene rings is 2. The van der Waals surface area contributed by atoms with Crippen molar-refractivity contribution in [2.75, 3.05) is 25.6 Å². The van der Waals surface area contributed by atoms with Crippen molar-refractivity contribution in [2.24, 2.45) is 0 Å². The first-order chi connectivity index (χ1) is 11.4. The summed E-state index contributed by atoms with van der Waals surface area (Å²) in [5.74, 6) is -0.243. The Labute approximate surface area is 141 Å². The molecule has 0 unspecified atom stereocenters. The molecule has 0 aliphatic rings. The third-order valence-corrected chi connectivity index (χ3v) is 4.85. The minimum atomic E-state index is -3.60. The van der Waals surface area contributed by atoms with Crippen LogP contribution in [0, 0.1) is 6.92 Å². The number of hydrogen-bond donors (Lipinski definition) is 2. The number of methoxy groups -OCH3 is 1. The molecule has 6 nitrogen and oxygen atoms in total. The first-order valence-electron chi connectivity index (χ1n) is 7.39. The lowest BCUT2D eigenvalue weighted by molar-refractivity contribution is 0.102. The fourth-order valence-electron chi connectivity index (χ4n) is 2.09. The summed E-state index contributed by atoms with van der Waals surface area (Å²) in [5.41, 5.74) is 1.77. The van der Waals surface area contributed by atoms with E-state index in [1.165, 1.54) is 19.2 Å². The Morgan fingerprint density at radius 3 is 2.46 bits per heavy atom. The normalized spacial score (nSPS) is 11.2.